The normalized spacial score (nSPS) is 11.6. The summed E-state index contributed by atoms with van der Waals surface area (Å²) in [6, 6.07) is 6.18. The lowest BCUT2D eigenvalue weighted by Crippen LogP contribution is -2.01. The van der Waals surface area contributed by atoms with Crippen molar-refractivity contribution in [1.29, 1.82) is 0 Å². The van der Waals surface area contributed by atoms with Gasteiger partial charge in [-0.25, -0.2) is 4.99 Å². The van der Waals surface area contributed by atoms with E-state index in [0.29, 0.717) is 12.5 Å². The SMILES string of the molecule is C=C(/C=C\N=C(C)OOCCC)C(=C)c1cc(C)ccc1NC. The van der Waals surface area contributed by atoms with Gasteiger partial charge in [0.25, 0.3) is 0 Å². The molecule has 1 aromatic carbocycles. The summed E-state index contributed by atoms with van der Waals surface area (Å²) in [7, 11) is 1.89. The van der Waals surface area contributed by atoms with Crippen LogP contribution in [0.1, 0.15) is 31.4 Å². The van der Waals surface area contributed by atoms with Gasteiger partial charge in [0, 0.05) is 31.4 Å². The number of allylic oxidation sites excluding steroid dienone is 3. The van der Waals surface area contributed by atoms with E-state index >= 15 is 0 Å². The van der Waals surface area contributed by atoms with Gasteiger partial charge in [0.1, 0.15) is 0 Å². The van der Waals surface area contributed by atoms with Gasteiger partial charge in [-0.2, -0.15) is 4.89 Å². The largest absolute Gasteiger partial charge is 0.388 e. The number of hydrogen-bond donors (Lipinski definition) is 1. The van der Waals surface area contributed by atoms with E-state index in [1.807, 2.05) is 20.0 Å². The highest BCUT2D eigenvalue weighted by Gasteiger charge is 2.07. The third-order valence-corrected chi connectivity index (χ3v) is 3.16. The molecule has 124 valence electrons. The summed E-state index contributed by atoms with van der Waals surface area (Å²) >= 11 is 0. The molecule has 1 rings (SSSR count). The van der Waals surface area contributed by atoms with Crippen LogP contribution in [0.2, 0.25) is 0 Å². The maximum Gasteiger partial charge on any atom is 0.229 e. The lowest BCUT2D eigenvalue weighted by molar-refractivity contribution is -0.222. The van der Waals surface area contributed by atoms with Crippen molar-refractivity contribution >= 4 is 17.2 Å². The van der Waals surface area contributed by atoms with E-state index in [-0.39, 0.29) is 0 Å². The molecule has 0 aliphatic heterocycles. The average Bonchev–Trinajstić information content (AvgIpc) is 2.54. The molecule has 0 spiro atoms. The van der Waals surface area contributed by atoms with E-state index in [0.717, 1.165) is 28.8 Å². The molecular formula is C19H26N2O2. The highest BCUT2D eigenvalue weighted by molar-refractivity contribution is 5.86. The van der Waals surface area contributed by atoms with Gasteiger partial charge in [-0.15, -0.1) is 0 Å². The fraction of sp³-hybridized carbons (Fsp3) is 0.316. The molecular weight excluding hydrogens is 288 g/mol. The predicted octanol–water partition coefficient (Wildman–Crippen LogP) is 4.90. The highest BCUT2D eigenvalue weighted by Crippen LogP contribution is 2.28. The monoisotopic (exact) mass is 314 g/mol. The van der Waals surface area contributed by atoms with Crippen LogP contribution in [-0.2, 0) is 9.78 Å². The summed E-state index contributed by atoms with van der Waals surface area (Å²) in [5.74, 6) is 0.444. The van der Waals surface area contributed by atoms with Crippen LogP contribution in [0.15, 0.2) is 54.2 Å². The van der Waals surface area contributed by atoms with Crippen molar-refractivity contribution in [1.82, 2.24) is 0 Å². The topological polar surface area (TPSA) is 42.9 Å². The smallest absolute Gasteiger partial charge is 0.229 e. The summed E-state index contributed by atoms with van der Waals surface area (Å²) in [5.41, 5.74) is 4.87. The van der Waals surface area contributed by atoms with Crippen molar-refractivity contribution < 1.29 is 9.78 Å². The van der Waals surface area contributed by atoms with Gasteiger partial charge >= 0.3 is 0 Å². The predicted molar refractivity (Wildman–Crippen MR) is 98.5 cm³/mol. The van der Waals surface area contributed by atoms with Crippen LogP contribution in [0.25, 0.3) is 5.57 Å². The van der Waals surface area contributed by atoms with Gasteiger partial charge in [-0.1, -0.05) is 31.7 Å². The van der Waals surface area contributed by atoms with Crippen LogP contribution in [0.4, 0.5) is 5.69 Å². The summed E-state index contributed by atoms with van der Waals surface area (Å²) < 4.78 is 0. The molecule has 0 atom stereocenters. The molecule has 0 amide bonds. The quantitative estimate of drug-likeness (QED) is 0.185. The lowest BCUT2D eigenvalue weighted by atomic mass is 9.97. The molecule has 0 aromatic heterocycles. The minimum absolute atomic E-state index is 0.444. The standard InChI is InChI=1S/C19H26N2O2/c1-7-12-22-23-17(5)21-11-10-15(3)16(4)18-13-14(2)8-9-19(18)20-6/h8-11,13,20H,3-4,7,12H2,1-2,5-6H3/b11-10-,21-17?. The summed E-state index contributed by atoms with van der Waals surface area (Å²) in [6.45, 7) is 14.5. The first kappa shape index (κ1) is 18.7. The van der Waals surface area contributed by atoms with Crippen molar-refractivity contribution in [2.24, 2.45) is 4.99 Å². The number of anilines is 1. The van der Waals surface area contributed by atoms with Crippen molar-refractivity contribution in [2.45, 2.75) is 27.2 Å². The maximum atomic E-state index is 5.00. The van der Waals surface area contributed by atoms with E-state index < -0.39 is 0 Å². The van der Waals surface area contributed by atoms with E-state index in [9.17, 15) is 0 Å². The summed E-state index contributed by atoms with van der Waals surface area (Å²) in [5, 5.41) is 3.17. The molecule has 0 aliphatic carbocycles. The van der Waals surface area contributed by atoms with Crippen molar-refractivity contribution in [3.8, 4) is 0 Å². The van der Waals surface area contributed by atoms with Gasteiger partial charge in [-0.05, 0) is 42.7 Å². The molecule has 0 unspecified atom stereocenters. The summed E-state index contributed by atoms with van der Waals surface area (Å²) in [6.07, 6.45) is 4.33. The van der Waals surface area contributed by atoms with Gasteiger partial charge in [0.15, 0.2) is 0 Å². The van der Waals surface area contributed by atoms with Crippen LogP contribution in [0.3, 0.4) is 0 Å². The number of benzene rings is 1. The molecule has 0 fully saturated rings. The molecule has 0 saturated carbocycles. The van der Waals surface area contributed by atoms with Gasteiger partial charge in [0.05, 0.1) is 6.61 Å². The Bertz CT molecular complexity index is 616. The number of nitrogens with zero attached hydrogens (tertiary/aromatic N) is 1. The van der Waals surface area contributed by atoms with E-state index in [1.54, 1.807) is 19.2 Å². The Kier molecular flexibility index (Phi) is 7.84. The first-order chi connectivity index (χ1) is 11.0. The third kappa shape index (κ3) is 6.12. The van der Waals surface area contributed by atoms with Crippen molar-refractivity contribution in [3.05, 3.63) is 60.3 Å². The Balaban J connectivity index is 2.74. The molecule has 4 nitrogen and oxygen atoms in total. The Morgan fingerprint density at radius 1 is 1.35 bits per heavy atom. The zero-order valence-corrected chi connectivity index (χ0v) is 14.5. The number of aliphatic imine (C=N–C) groups is 1. The summed E-state index contributed by atoms with van der Waals surface area (Å²) in [4.78, 5) is 14.1. The fourth-order valence-corrected chi connectivity index (χ4v) is 1.86. The third-order valence-electron chi connectivity index (χ3n) is 3.16. The Morgan fingerprint density at radius 2 is 2.09 bits per heavy atom. The zero-order chi connectivity index (χ0) is 17.2. The highest BCUT2D eigenvalue weighted by atomic mass is 17.2. The van der Waals surface area contributed by atoms with Crippen LogP contribution in [-0.4, -0.2) is 19.6 Å². The number of aryl methyl sites for hydroxylation is 1. The fourth-order valence-electron chi connectivity index (χ4n) is 1.86. The number of rotatable bonds is 8. The first-order valence-corrected chi connectivity index (χ1v) is 7.67. The van der Waals surface area contributed by atoms with Crippen molar-refractivity contribution in [3.63, 3.8) is 0 Å². The molecule has 0 aliphatic rings. The molecule has 23 heavy (non-hydrogen) atoms. The molecule has 0 bridgehead atoms. The van der Waals surface area contributed by atoms with E-state index in [4.69, 9.17) is 9.78 Å². The van der Waals surface area contributed by atoms with Crippen LogP contribution in [0, 0.1) is 6.92 Å². The molecule has 1 aromatic rings. The average molecular weight is 314 g/mol. The minimum atomic E-state index is 0.444. The molecule has 0 heterocycles. The first-order valence-electron chi connectivity index (χ1n) is 7.67. The maximum absolute atomic E-state index is 5.00. The second-order valence-corrected chi connectivity index (χ2v) is 5.17. The van der Waals surface area contributed by atoms with Gasteiger partial charge in [0.2, 0.25) is 5.90 Å². The van der Waals surface area contributed by atoms with E-state index in [2.05, 4.69) is 42.5 Å². The van der Waals surface area contributed by atoms with Gasteiger partial charge in [-0.3, -0.25) is 0 Å². The zero-order valence-electron chi connectivity index (χ0n) is 14.5. The van der Waals surface area contributed by atoms with Crippen LogP contribution >= 0.6 is 0 Å². The lowest BCUT2D eigenvalue weighted by Gasteiger charge is -2.13. The minimum Gasteiger partial charge on any atom is -0.388 e. The molecule has 0 saturated heterocycles. The Hall–Kier alpha value is -2.33. The second-order valence-electron chi connectivity index (χ2n) is 5.17. The van der Waals surface area contributed by atoms with Gasteiger partial charge < -0.3 is 10.2 Å². The van der Waals surface area contributed by atoms with E-state index in [1.165, 1.54) is 5.56 Å². The van der Waals surface area contributed by atoms with Crippen molar-refractivity contribution in [2.75, 3.05) is 19.0 Å². The number of nitrogens with one attached hydrogen (secondary N) is 1. The number of hydrogen-bond acceptors (Lipinski definition) is 4. The Labute approximate surface area is 139 Å². The molecule has 1 N–H and O–H groups in total. The molecule has 4 heteroatoms. The molecule has 0 radical (unpaired) electrons. The van der Waals surface area contributed by atoms with Crippen LogP contribution in [0.5, 0.6) is 0 Å². The van der Waals surface area contributed by atoms with Crippen LogP contribution < -0.4 is 5.32 Å². The second kappa shape index (κ2) is 9.64. The Morgan fingerprint density at radius 3 is 2.74 bits per heavy atom.